The van der Waals surface area contributed by atoms with Crippen LogP contribution in [0.5, 0.6) is 0 Å². The van der Waals surface area contributed by atoms with Crippen LogP contribution in [-0.4, -0.2) is 24.0 Å². The Balaban J connectivity index is 1.51. The molecule has 0 spiro atoms. The third-order valence-corrected chi connectivity index (χ3v) is 4.54. The van der Waals surface area contributed by atoms with E-state index in [1.165, 1.54) is 0 Å². The number of nitrogens with one attached hydrogen (secondary N) is 3. The molecule has 0 unspecified atom stereocenters. The Bertz CT molecular complexity index is 738. The fraction of sp³-hybridized carbons (Fsp3) is 0.300. The molecule has 136 valence electrons. The number of nitrogens with two attached hydrogens (primary N) is 1. The molecule has 1 fully saturated rings. The molecule has 0 atom stereocenters. The zero-order chi connectivity index (χ0) is 18.4. The molecular weight excluding hydrogens is 328 g/mol. The number of anilines is 2. The maximum Gasteiger partial charge on any atom is 0.323 e. The van der Waals surface area contributed by atoms with Crippen molar-refractivity contribution in [1.82, 2.24) is 5.32 Å². The summed E-state index contributed by atoms with van der Waals surface area (Å²) in [6.45, 7) is 0. The van der Waals surface area contributed by atoms with Gasteiger partial charge in [-0.2, -0.15) is 0 Å². The Morgan fingerprint density at radius 3 is 2.00 bits per heavy atom. The standard InChI is InChI=1S/C20H24N4O2/c21-15-8-12-17(13-9-15)22-19(25)14-6-10-18(11-7-14)24-20(26)23-16-4-2-1-3-5-16/h1-7,10-11,15,17H,8-9,12-13,21H2,(H,22,25)(H2,23,24,26). The van der Waals surface area contributed by atoms with Crippen LogP contribution < -0.4 is 21.7 Å². The number of amides is 3. The summed E-state index contributed by atoms with van der Waals surface area (Å²) in [4.78, 5) is 24.3. The molecule has 2 aromatic rings. The van der Waals surface area contributed by atoms with Gasteiger partial charge in [0.15, 0.2) is 0 Å². The van der Waals surface area contributed by atoms with Crippen LogP contribution in [0.1, 0.15) is 36.0 Å². The van der Waals surface area contributed by atoms with E-state index in [1.807, 2.05) is 30.3 Å². The Hall–Kier alpha value is -2.86. The van der Waals surface area contributed by atoms with Crippen LogP contribution in [0.4, 0.5) is 16.2 Å². The van der Waals surface area contributed by atoms with Crippen molar-refractivity contribution in [1.29, 1.82) is 0 Å². The van der Waals surface area contributed by atoms with Crippen LogP contribution in [-0.2, 0) is 0 Å². The first-order chi connectivity index (χ1) is 12.6. The molecule has 1 aliphatic carbocycles. The lowest BCUT2D eigenvalue weighted by Crippen LogP contribution is -2.40. The van der Waals surface area contributed by atoms with Crippen molar-refractivity contribution in [3.8, 4) is 0 Å². The minimum absolute atomic E-state index is 0.0919. The van der Waals surface area contributed by atoms with Crippen molar-refractivity contribution in [3.63, 3.8) is 0 Å². The van der Waals surface area contributed by atoms with E-state index in [-0.39, 0.29) is 24.0 Å². The van der Waals surface area contributed by atoms with Crippen molar-refractivity contribution in [2.45, 2.75) is 37.8 Å². The maximum absolute atomic E-state index is 12.3. The normalized spacial score (nSPS) is 19.4. The molecule has 6 nitrogen and oxygen atoms in total. The first-order valence-corrected chi connectivity index (χ1v) is 8.90. The molecule has 6 heteroatoms. The fourth-order valence-corrected chi connectivity index (χ4v) is 3.05. The van der Waals surface area contributed by atoms with E-state index in [9.17, 15) is 9.59 Å². The van der Waals surface area contributed by atoms with Gasteiger partial charge in [0, 0.05) is 29.0 Å². The molecule has 2 aromatic carbocycles. The average Bonchev–Trinajstić information content (AvgIpc) is 2.65. The van der Waals surface area contributed by atoms with E-state index in [2.05, 4.69) is 16.0 Å². The Labute approximate surface area is 153 Å². The van der Waals surface area contributed by atoms with Gasteiger partial charge in [0.2, 0.25) is 0 Å². The molecule has 1 aliphatic rings. The summed E-state index contributed by atoms with van der Waals surface area (Å²) in [5.41, 5.74) is 7.81. The largest absolute Gasteiger partial charge is 0.349 e. The molecule has 3 amide bonds. The van der Waals surface area contributed by atoms with Gasteiger partial charge in [0.05, 0.1) is 0 Å². The van der Waals surface area contributed by atoms with E-state index >= 15 is 0 Å². The Morgan fingerprint density at radius 2 is 1.38 bits per heavy atom. The van der Waals surface area contributed by atoms with Gasteiger partial charge in [-0.25, -0.2) is 4.79 Å². The number of carbonyl (C=O) groups is 2. The van der Waals surface area contributed by atoms with Crippen molar-refractivity contribution in [2.75, 3.05) is 10.6 Å². The predicted octanol–water partition coefficient (Wildman–Crippen LogP) is 3.33. The lowest BCUT2D eigenvalue weighted by Gasteiger charge is -2.26. The molecule has 0 heterocycles. The average molecular weight is 352 g/mol. The molecule has 3 rings (SSSR count). The van der Waals surface area contributed by atoms with Crippen LogP contribution in [0, 0.1) is 0 Å². The van der Waals surface area contributed by atoms with Crippen molar-refractivity contribution in [3.05, 3.63) is 60.2 Å². The molecule has 1 saturated carbocycles. The fourth-order valence-electron chi connectivity index (χ4n) is 3.05. The lowest BCUT2D eigenvalue weighted by molar-refractivity contribution is 0.0926. The number of hydrogen-bond donors (Lipinski definition) is 4. The molecule has 5 N–H and O–H groups in total. The number of rotatable bonds is 4. The number of para-hydroxylation sites is 1. The van der Waals surface area contributed by atoms with Gasteiger partial charge in [0.1, 0.15) is 0 Å². The summed E-state index contributed by atoms with van der Waals surface area (Å²) in [5.74, 6) is -0.0919. The van der Waals surface area contributed by atoms with Gasteiger partial charge in [-0.05, 0) is 62.1 Å². The monoisotopic (exact) mass is 352 g/mol. The van der Waals surface area contributed by atoms with Crippen molar-refractivity contribution < 1.29 is 9.59 Å². The maximum atomic E-state index is 12.3. The molecular formula is C20H24N4O2. The zero-order valence-electron chi connectivity index (χ0n) is 14.6. The van der Waals surface area contributed by atoms with E-state index in [0.717, 1.165) is 25.7 Å². The minimum Gasteiger partial charge on any atom is -0.349 e. The van der Waals surface area contributed by atoms with Gasteiger partial charge >= 0.3 is 6.03 Å². The summed E-state index contributed by atoms with van der Waals surface area (Å²) in [5, 5.41) is 8.55. The van der Waals surface area contributed by atoms with Gasteiger partial charge < -0.3 is 21.7 Å². The van der Waals surface area contributed by atoms with Crippen molar-refractivity contribution >= 4 is 23.3 Å². The van der Waals surface area contributed by atoms with Crippen LogP contribution in [0.15, 0.2) is 54.6 Å². The second-order valence-electron chi connectivity index (χ2n) is 6.61. The SMILES string of the molecule is NC1CCC(NC(=O)c2ccc(NC(=O)Nc3ccccc3)cc2)CC1. The second-order valence-corrected chi connectivity index (χ2v) is 6.61. The van der Waals surface area contributed by atoms with E-state index in [1.54, 1.807) is 24.3 Å². The molecule has 0 saturated heterocycles. The smallest absolute Gasteiger partial charge is 0.323 e. The molecule has 26 heavy (non-hydrogen) atoms. The number of urea groups is 1. The number of carbonyl (C=O) groups excluding carboxylic acids is 2. The lowest BCUT2D eigenvalue weighted by atomic mass is 9.91. The third-order valence-electron chi connectivity index (χ3n) is 4.54. The highest BCUT2D eigenvalue weighted by Gasteiger charge is 2.20. The Kier molecular flexibility index (Phi) is 5.86. The van der Waals surface area contributed by atoms with E-state index < -0.39 is 0 Å². The highest BCUT2D eigenvalue weighted by Crippen LogP contribution is 2.18. The van der Waals surface area contributed by atoms with Gasteiger partial charge in [-0.3, -0.25) is 4.79 Å². The summed E-state index contributed by atoms with van der Waals surface area (Å²) in [6.07, 6.45) is 3.74. The van der Waals surface area contributed by atoms with Gasteiger partial charge in [-0.15, -0.1) is 0 Å². The summed E-state index contributed by atoms with van der Waals surface area (Å²) < 4.78 is 0. The van der Waals surface area contributed by atoms with Gasteiger partial charge in [-0.1, -0.05) is 18.2 Å². The summed E-state index contributed by atoms with van der Waals surface area (Å²) >= 11 is 0. The topological polar surface area (TPSA) is 96.2 Å². The second kappa shape index (κ2) is 8.49. The van der Waals surface area contributed by atoms with E-state index in [0.29, 0.717) is 16.9 Å². The number of hydrogen-bond acceptors (Lipinski definition) is 3. The third kappa shape index (κ3) is 5.07. The first kappa shape index (κ1) is 17.9. The number of benzene rings is 2. The van der Waals surface area contributed by atoms with Crippen LogP contribution in [0.25, 0.3) is 0 Å². The molecule has 0 aromatic heterocycles. The van der Waals surface area contributed by atoms with Crippen LogP contribution >= 0.6 is 0 Å². The van der Waals surface area contributed by atoms with Crippen LogP contribution in [0.3, 0.4) is 0 Å². The molecule has 0 aliphatic heterocycles. The van der Waals surface area contributed by atoms with E-state index in [4.69, 9.17) is 5.73 Å². The minimum atomic E-state index is -0.327. The highest BCUT2D eigenvalue weighted by molar-refractivity contribution is 6.00. The van der Waals surface area contributed by atoms with Crippen LogP contribution in [0.2, 0.25) is 0 Å². The molecule has 0 bridgehead atoms. The summed E-state index contributed by atoms with van der Waals surface area (Å²) in [7, 11) is 0. The summed E-state index contributed by atoms with van der Waals surface area (Å²) in [6, 6.07) is 16.2. The quantitative estimate of drug-likeness (QED) is 0.679. The zero-order valence-corrected chi connectivity index (χ0v) is 14.6. The van der Waals surface area contributed by atoms with Gasteiger partial charge in [0.25, 0.3) is 5.91 Å². The van der Waals surface area contributed by atoms with Crippen molar-refractivity contribution in [2.24, 2.45) is 5.73 Å². The molecule has 0 radical (unpaired) electrons. The first-order valence-electron chi connectivity index (χ1n) is 8.90. The Morgan fingerprint density at radius 1 is 0.808 bits per heavy atom. The highest BCUT2D eigenvalue weighted by atomic mass is 16.2. The predicted molar refractivity (Wildman–Crippen MR) is 103 cm³/mol.